The highest BCUT2D eigenvalue weighted by Gasteiger charge is 2.38. The average molecular weight is 454 g/mol. The Balaban J connectivity index is 1.40. The van der Waals surface area contributed by atoms with Crippen molar-refractivity contribution in [2.75, 3.05) is 13.1 Å². The van der Waals surface area contributed by atoms with E-state index in [2.05, 4.69) is 15.7 Å². The van der Waals surface area contributed by atoms with Gasteiger partial charge in [0, 0.05) is 24.7 Å². The van der Waals surface area contributed by atoms with E-state index < -0.39 is 12.0 Å². The van der Waals surface area contributed by atoms with Crippen molar-refractivity contribution in [2.45, 2.75) is 51.1 Å². The van der Waals surface area contributed by atoms with E-state index in [1.165, 1.54) is 5.01 Å². The first kappa shape index (κ1) is 23.1. The van der Waals surface area contributed by atoms with Crippen LogP contribution in [0.5, 0.6) is 0 Å². The number of pyridine rings is 1. The molecule has 0 bridgehead atoms. The van der Waals surface area contributed by atoms with Gasteiger partial charge in [0.05, 0.1) is 18.0 Å². The summed E-state index contributed by atoms with van der Waals surface area (Å²) in [5.74, 6) is -0.659. The zero-order valence-corrected chi connectivity index (χ0v) is 18.7. The summed E-state index contributed by atoms with van der Waals surface area (Å²) in [4.78, 5) is 41.7. The van der Waals surface area contributed by atoms with Crippen LogP contribution in [0.1, 0.15) is 44.1 Å². The Bertz CT molecular complexity index is 994. The molecule has 0 radical (unpaired) electrons. The molecule has 4 rings (SSSR count). The zero-order valence-electron chi connectivity index (χ0n) is 18.7. The fourth-order valence-electron chi connectivity index (χ4n) is 4.93. The van der Waals surface area contributed by atoms with E-state index in [0.29, 0.717) is 43.3 Å². The summed E-state index contributed by atoms with van der Waals surface area (Å²) in [6.07, 6.45) is 7.52. The number of nitrogens with one attached hydrogen (secondary N) is 2. The third-order valence-corrected chi connectivity index (χ3v) is 6.64. The Hall–Kier alpha value is -3.04. The maximum atomic E-state index is 13.3. The SMILES string of the molecule is O=CN(O)C[C@@H](CC1CCCC1)C(=O)N1NCC[C@H]1C(=O)NCc1cnc2ccccc2c1. The minimum Gasteiger partial charge on any atom is -0.350 e. The lowest BCUT2D eigenvalue weighted by atomic mass is 9.92. The molecule has 33 heavy (non-hydrogen) atoms. The molecule has 9 heteroatoms. The molecular weight excluding hydrogens is 422 g/mol. The number of para-hydroxylation sites is 1. The standard InChI is InChI=1S/C24H31N5O4/c30-16-28(33)15-20(11-17-5-1-2-6-17)24(32)29-22(9-10-27-29)23(31)26-14-18-12-19-7-3-4-8-21(19)25-13-18/h3-4,7-8,12-13,16-17,20,22,27,33H,1-2,5-6,9-11,14-15H2,(H,26,31)/t20-,22+/m1/s1. The minimum absolute atomic E-state index is 0.0753. The lowest BCUT2D eigenvalue weighted by Gasteiger charge is -2.30. The van der Waals surface area contributed by atoms with Gasteiger partial charge >= 0.3 is 0 Å². The van der Waals surface area contributed by atoms with Crippen LogP contribution < -0.4 is 10.7 Å². The van der Waals surface area contributed by atoms with Crippen LogP contribution in [0.15, 0.2) is 36.5 Å². The van der Waals surface area contributed by atoms with Gasteiger partial charge in [-0.2, -0.15) is 0 Å². The second kappa shape index (κ2) is 10.7. The summed E-state index contributed by atoms with van der Waals surface area (Å²) < 4.78 is 0. The van der Waals surface area contributed by atoms with Gasteiger partial charge in [-0.1, -0.05) is 43.9 Å². The van der Waals surface area contributed by atoms with Crippen molar-refractivity contribution in [3.8, 4) is 0 Å². The number of aromatic nitrogens is 1. The first-order valence-corrected chi connectivity index (χ1v) is 11.6. The molecule has 1 aromatic heterocycles. The summed E-state index contributed by atoms with van der Waals surface area (Å²) in [5.41, 5.74) is 4.80. The molecule has 2 atom stereocenters. The van der Waals surface area contributed by atoms with E-state index in [-0.39, 0.29) is 18.4 Å². The molecule has 3 amide bonds. The largest absolute Gasteiger partial charge is 0.350 e. The monoisotopic (exact) mass is 453 g/mol. The highest BCUT2D eigenvalue weighted by molar-refractivity contribution is 5.89. The van der Waals surface area contributed by atoms with Crippen molar-refractivity contribution >= 4 is 29.1 Å². The summed E-state index contributed by atoms with van der Waals surface area (Å²) in [7, 11) is 0. The van der Waals surface area contributed by atoms with Gasteiger partial charge in [-0.25, -0.2) is 10.5 Å². The predicted molar refractivity (Wildman–Crippen MR) is 121 cm³/mol. The lowest BCUT2D eigenvalue weighted by Crippen LogP contribution is -2.53. The fraction of sp³-hybridized carbons (Fsp3) is 0.500. The number of rotatable bonds is 9. The summed E-state index contributed by atoms with van der Waals surface area (Å²) >= 11 is 0. The number of benzene rings is 1. The van der Waals surface area contributed by atoms with Gasteiger partial charge in [-0.05, 0) is 36.5 Å². The van der Waals surface area contributed by atoms with Crippen LogP contribution in [-0.4, -0.2) is 57.6 Å². The quantitative estimate of drug-likeness (QED) is 0.304. The molecule has 3 N–H and O–H groups in total. The van der Waals surface area contributed by atoms with Crippen molar-refractivity contribution in [3.05, 3.63) is 42.1 Å². The van der Waals surface area contributed by atoms with Gasteiger partial charge in [0.1, 0.15) is 6.04 Å². The number of amides is 3. The van der Waals surface area contributed by atoms with Crippen LogP contribution in [0.2, 0.25) is 0 Å². The van der Waals surface area contributed by atoms with Crippen LogP contribution in [0.4, 0.5) is 0 Å². The van der Waals surface area contributed by atoms with E-state index in [1.54, 1.807) is 6.20 Å². The number of nitrogens with zero attached hydrogens (tertiary/aromatic N) is 3. The Morgan fingerprint density at radius 3 is 2.85 bits per heavy atom. The molecule has 0 spiro atoms. The Kier molecular flexibility index (Phi) is 7.51. The molecule has 1 aromatic carbocycles. The molecule has 1 aliphatic carbocycles. The van der Waals surface area contributed by atoms with E-state index in [9.17, 15) is 19.6 Å². The normalized spacial score (nSPS) is 19.5. The van der Waals surface area contributed by atoms with E-state index >= 15 is 0 Å². The molecule has 9 nitrogen and oxygen atoms in total. The van der Waals surface area contributed by atoms with Crippen LogP contribution in [0.3, 0.4) is 0 Å². The highest BCUT2D eigenvalue weighted by Crippen LogP contribution is 2.31. The van der Waals surface area contributed by atoms with Gasteiger partial charge in [-0.15, -0.1) is 0 Å². The van der Waals surface area contributed by atoms with Gasteiger partial charge in [0.25, 0.3) is 0 Å². The molecule has 176 valence electrons. The highest BCUT2D eigenvalue weighted by atomic mass is 16.5. The van der Waals surface area contributed by atoms with Crippen LogP contribution in [-0.2, 0) is 20.9 Å². The average Bonchev–Trinajstić information content (AvgIpc) is 3.53. The molecule has 2 aliphatic rings. The number of hydrogen-bond acceptors (Lipinski definition) is 6. The maximum Gasteiger partial charge on any atom is 0.244 e. The van der Waals surface area contributed by atoms with Gasteiger partial charge < -0.3 is 5.32 Å². The van der Waals surface area contributed by atoms with Crippen LogP contribution in [0, 0.1) is 11.8 Å². The van der Waals surface area contributed by atoms with Crippen molar-refractivity contribution in [3.63, 3.8) is 0 Å². The van der Waals surface area contributed by atoms with E-state index in [1.807, 2.05) is 30.3 Å². The first-order chi connectivity index (χ1) is 16.0. The van der Waals surface area contributed by atoms with Crippen molar-refractivity contribution < 1.29 is 19.6 Å². The minimum atomic E-state index is -0.639. The molecule has 2 aromatic rings. The Morgan fingerprint density at radius 1 is 1.27 bits per heavy atom. The topological polar surface area (TPSA) is 115 Å². The lowest BCUT2D eigenvalue weighted by molar-refractivity contribution is -0.159. The maximum absolute atomic E-state index is 13.3. The fourth-order valence-corrected chi connectivity index (χ4v) is 4.93. The molecule has 1 saturated carbocycles. The molecule has 0 unspecified atom stereocenters. The number of hydrogen-bond donors (Lipinski definition) is 3. The summed E-state index contributed by atoms with van der Waals surface area (Å²) in [6.45, 7) is 0.748. The smallest absolute Gasteiger partial charge is 0.244 e. The zero-order chi connectivity index (χ0) is 23.2. The Morgan fingerprint density at radius 2 is 2.06 bits per heavy atom. The second-order valence-electron chi connectivity index (χ2n) is 8.99. The van der Waals surface area contributed by atoms with Crippen molar-refractivity contribution in [1.29, 1.82) is 0 Å². The predicted octanol–water partition coefficient (Wildman–Crippen LogP) is 2.00. The van der Waals surface area contributed by atoms with Gasteiger partial charge in [-0.3, -0.25) is 29.6 Å². The number of carbonyl (C=O) groups is 3. The Labute approximate surface area is 193 Å². The van der Waals surface area contributed by atoms with E-state index in [4.69, 9.17) is 0 Å². The van der Waals surface area contributed by atoms with E-state index in [0.717, 1.165) is 42.1 Å². The number of hydrazine groups is 1. The molecule has 2 fully saturated rings. The van der Waals surface area contributed by atoms with Gasteiger partial charge in [0.2, 0.25) is 18.2 Å². The summed E-state index contributed by atoms with van der Waals surface area (Å²) in [5, 5.41) is 15.6. The van der Waals surface area contributed by atoms with Crippen LogP contribution >= 0.6 is 0 Å². The van der Waals surface area contributed by atoms with Crippen molar-refractivity contribution in [2.24, 2.45) is 11.8 Å². The van der Waals surface area contributed by atoms with Gasteiger partial charge in [0.15, 0.2) is 0 Å². The molecule has 2 heterocycles. The molecule has 1 saturated heterocycles. The summed E-state index contributed by atoms with van der Waals surface area (Å²) in [6, 6.07) is 9.14. The van der Waals surface area contributed by atoms with Crippen molar-refractivity contribution in [1.82, 2.24) is 25.8 Å². The number of carbonyl (C=O) groups excluding carboxylic acids is 3. The first-order valence-electron chi connectivity index (χ1n) is 11.6. The third kappa shape index (κ3) is 5.66. The number of hydroxylamine groups is 2. The molecule has 1 aliphatic heterocycles. The third-order valence-electron chi connectivity index (χ3n) is 6.64. The van der Waals surface area contributed by atoms with Crippen LogP contribution in [0.25, 0.3) is 10.9 Å². The second-order valence-corrected chi connectivity index (χ2v) is 8.99. The number of fused-ring (bicyclic) bond motifs is 1. The molecular formula is C24H31N5O4.